The van der Waals surface area contributed by atoms with Gasteiger partial charge >= 0.3 is 0 Å². The van der Waals surface area contributed by atoms with Crippen LogP contribution in [0.5, 0.6) is 0 Å². The second kappa shape index (κ2) is 7.00. The molecule has 0 radical (unpaired) electrons. The maximum Gasteiger partial charge on any atom is 0.0734 e. The first-order chi connectivity index (χ1) is 10.4. The molecule has 104 valence electrons. The monoisotopic (exact) mass is 291 g/mol. The van der Waals surface area contributed by atoms with Gasteiger partial charge in [0.25, 0.3) is 0 Å². The Morgan fingerprint density at radius 2 is 1.00 bits per heavy atom. The fourth-order valence-electron chi connectivity index (χ4n) is 2.17. The number of hydrogen-bond donors (Lipinski definition) is 0. The van der Waals surface area contributed by atoms with Crippen LogP contribution in [0.1, 0.15) is 0 Å². The van der Waals surface area contributed by atoms with Gasteiger partial charge in [-0.25, -0.2) is 0 Å². The summed E-state index contributed by atoms with van der Waals surface area (Å²) in [6.07, 6.45) is 0. The fraction of sp³-hybridized carbons (Fsp3) is 0.0526. The van der Waals surface area contributed by atoms with Gasteiger partial charge in [-0.15, -0.1) is 11.8 Å². The topological polar surface area (TPSA) is 3.24 Å². The van der Waals surface area contributed by atoms with E-state index in [2.05, 4.69) is 95.9 Å². The lowest BCUT2D eigenvalue weighted by Gasteiger charge is -2.24. The average molecular weight is 291 g/mol. The van der Waals surface area contributed by atoms with Crippen LogP contribution >= 0.6 is 11.8 Å². The highest BCUT2D eigenvalue weighted by Gasteiger charge is 2.08. The molecule has 0 atom stereocenters. The van der Waals surface area contributed by atoms with Gasteiger partial charge in [0.2, 0.25) is 0 Å². The van der Waals surface area contributed by atoms with E-state index in [1.54, 1.807) is 0 Å². The zero-order valence-electron chi connectivity index (χ0n) is 11.7. The number of rotatable bonds is 5. The highest BCUT2D eigenvalue weighted by molar-refractivity contribution is 7.99. The summed E-state index contributed by atoms with van der Waals surface area (Å²) >= 11 is 1.84. The maximum absolute atomic E-state index is 2.33. The van der Waals surface area contributed by atoms with E-state index in [1.165, 1.54) is 16.3 Å². The van der Waals surface area contributed by atoms with Crippen molar-refractivity contribution in [3.8, 4) is 0 Å². The minimum Gasteiger partial charge on any atom is -0.331 e. The molecule has 0 aliphatic rings. The van der Waals surface area contributed by atoms with Crippen LogP contribution < -0.4 is 4.90 Å². The number of anilines is 2. The molecular weight excluding hydrogens is 274 g/mol. The van der Waals surface area contributed by atoms with Crippen LogP contribution in [0.25, 0.3) is 0 Å². The van der Waals surface area contributed by atoms with Crippen molar-refractivity contribution in [2.75, 3.05) is 10.8 Å². The molecule has 0 N–H and O–H groups in total. The summed E-state index contributed by atoms with van der Waals surface area (Å²) in [6.45, 7) is 0. The Morgan fingerprint density at radius 1 is 0.571 bits per heavy atom. The first-order valence-corrected chi connectivity index (χ1v) is 7.97. The zero-order valence-corrected chi connectivity index (χ0v) is 12.5. The first kappa shape index (κ1) is 13.8. The lowest BCUT2D eigenvalue weighted by atomic mass is 10.2. The molecule has 3 rings (SSSR count). The Morgan fingerprint density at radius 3 is 1.48 bits per heavy atom. The van der Waals surface area contributed by atoms with Gasteiger partial charge in [-0.2, -0.15) is 0 Å². The van der Waals surface area contributed by atoms with Crippen molar-refractivity contribution in [2.24, 2.45) is 0 Å². The molecule has 0 bridgehead atoms. The molecule has 3 aromatic rings. The van der Waals surface area contributed by atoms with E-state index in [0.29, 0.717) is 0 Å². The quantitative estimate of drug-likeness (QED) is 0.446. The van der Waals surface area contributed by atoms with Crippen molar-refractivity contribution in [1.29, 1.82) is 0 Å². The van der Waals surface area contributed by atoms with E-state index in [0.717, 1.165) is 5.88 Å². The van der Waals surface area contributed by atoms with Crippen LogP contribution in [-0.4, -0.2) is 5.88 Å². The van der Waals surface area contributed by atoms with Gasteiger partial charge in [0.05, 0.1) is 5.88 Å². The zero-order chi connectivity index (χ0) is 14.3. The van der Waals surface area contributed by atoms with Crippen LogP contribution in [0.4, 0.5) is 11.4 Å². The molecule has 0 saturated heterocycles. The van der Waals surface area contributed by atoms with Crippen LogP contribution in [-0.2, 0) is 0 Å². The molecule has 21 heavy (non-hydrogen) atoms. The Balaban J connectivity index is 1.83. The van der Waals surface area contributed by atoms with Crippen molar-refractivity contribution in [3.63, 3.8) is 0 Å². The molecule has 0 aliphatic carbocycles. The van der Waals surface area contributed by atoms with Gasteiger partial charge in [-0.3, -0.25) is 0 Å². The Labute approximate surface area is 130 Å². The Bertz CT molecular complexity index is 613. The molecule has 0 amide bonds. The Hall–Kier alpha value is -2.19. The van der Waals surface area contributed by atoms with Crippen molar-refractivity contribution < 1.29 is 0 Å². The Kier molecular flexibility index (Phi) is 4.59. The molecule has 0 fully saturated rings. The number of hydrogen-bond acceptors (Lipinski definition) is 2. The number of nitrogens with zero attached hydrogens (tertiary/aromatic N) is 1. The normalized spacial score (nSPS) is 10.3. The summed E-state index contributed by atoms with van der Waals surface area (Å²) in [6, 6.07) is 31.6. The lowest BCUT2D eigenvalue weighted by molar-refractivity contribution is 1.17. The minimum atomic E-state index is 0.887. The van der Waals surface area contributed by atoms with E-state index >= 15 is 0 Å². The molecule has 0 aliphatic heterocycles. The van der Waals surface area contributed by atoms with Crippen LogP contribution in [0.3, 0.4) is 0 Å². The van der Waals surface area contributed by atoms with E-state index in [1.807, 2.05) is 11.8 Å². The molecule has 0 aromatic heterocycles. The smallest absolute Gasteiger partial charge is 0.0734 e. The summed E-state index contributed by atoms with van der Waals surface area (Å²) in [5.41, 5.74) is 2.43. The molecule has 0 spiro atoms. The minimum absolute atomic E-state index is 0.887. The van der Waals surface area contributed by atoms with Gasteiger partial charge in [-0.05, 0) is 36.4 Å². The third-order valence-corrected chi connectivity index (χ3v) is 4.23. The summed E-state index contributed by atoms with van der Waals surface area (Å²) in [7, 11) is 0. The fourth-order valence-corrected chi connectivity index (χ4v) is 3.10. The SMILES string of the molecule is c1ccc(SCN(c2ccccc2)c2ccccc2)cc1. The molecule has 0 heterocycles. The van der Waals surface area contributed by atoms with E-state index < -0.39 is 0 Å². The van der Waals surface area contributed by atoms with Crippen molar-refractivity contribution >= 4 is 23.1 Å². The number of para-hydroxylation sites is 2. The van der Waals surface area contributed by atoms with E-state index in [-0.39, 0.29) is 0 Å². The summed E-state index contributed by atoms with van der Waals surface area (Å²) < 4.78 is 0. The molecular formula is C19H17NS. The summed E-state index contributed by atoms with van der Waals surface area (Å²) in [4.78, 5) is 3.62. The molecule has 3 aromatic carbocycles. The maximum atomic E-state index is 2.33. The predicted molar refractivity (Wildman–Crippen MR) is 92.2 cm³/mol. The highest BCUT2D eigenvalue weighted by atomic mass is 32.2. The van der Waals surface area contributed by atoms with Crippen molar-refractivity contribution in [2.45, 2.75) is 4.90 Å². The van der Waals surface area contributed by atoms with E-state index in [9.17, 15) is 0 Å². The van der Waals surface area contributed by atoms with Gasteiger partial charge in [0.15, 0.2) is 0 Å². The van der Waals surface area contributed by atoms with Crippen LogP contribution in [0.2, 0.25) is 0 Å². The van der Waals surface area contributed by atoms with E-state index in [4.69, 9.17) is 0 Å². The second-order valence-electron chi connectivity index (χ2n) is 4.69. The third kappa shape index (κ3) is 3.67. The van der Waals surface area contributed by atoms with Gasteiger partial charge in [0.1, 0.15) is 0 Å². The highest BCUT2D eigenvalue weighted by Crippen LogP contribution is 2.29. The standard InChI is InChI=1S/C19H17NS/c1-4-10-17(11-5-1)20(18-12-6-2-7-13-18)16-21-19-14-8-3-9-15-19/h1-15H,16H2. The molecule has 1 nitrogen and oxygen atoms in total. The molecule has 0 unspecified atom stereocenters. The second-order valence-corrected chi connectivity index (χ2v) is 5.70. The number of benzene rings is 3. The van der Waals surface area contributed by atoms with Crippen molar-refractivity contribution in [3.05, 3.63) is 91.0 Å². The van der Waals surface area contributed by atoms with Crippen molar-refractivity contribution in [1.82, 2.24) is 0 Å². The number of thioether (sulfide) groups is 1. The molecule has 0 saturated carbocycles. The summed E-state index contributed by atoms with van der Waals surface area (Å²) in [5, 5.41) is 0. The third-order valence-electron chi connectivity index (χ3n) is 3.24. The van der Waals surface area contributed by atoms with Gasteiger partial charge in [0, 0.05) is 16.3 Å². The largest absolute Gasteiger partial charge is 0.331 e. The van der Waals surface area contributed by atoms with Gasteiger partial charge < -0.3 is 4.90 Å². The average Bonchev–Trinajstić information content (AvgIpc) is 2.58. The van der Waals surface area contributed by atoms with Crippen LogP contribution in [0.15, 0.2) is 95.9 Å². The van der Waals surface area contributed by atoms with Gasteiger partial charge in [-0.1, -0.05) is 54.6 Å². The molecule has 2 heteroatoms. The first-order valence-electron chi connectivity index (χ1n) is 6.99. The van der Waals surface area contributed by atoms with Crippen LogP contribution in [0, 0.1) is 0 Å². The predicted octanol–water partition coefficient (Wildman–Crippen LogP) is 5.57. The summed E-state index contributed by atoms with van der Waals surface area (Å²) in [5.74, 6) is 0.887. The lowest BCUT2D eigenvalue weighted by Crippen LogP contribution is -2.15.